The topological polar surface area (TPSA) is 58.2 Å². The number of halogens is 2. The summed E-state index contributed by atoms with van der Waals surface area (Å²) >= 11 is 11.6. The zero-order valence-corrected chi connectivity index (χ0v) is 11.4. The summed E-state index contributed by atoms with van der Waals surface area (Å²) in [7, 11) is 0. The lowest BCUT2D eigenvalue weighted by molar-refractivity contribution is -0.120. The van der Waals surface area contributed by atoms with Gasteiger partial charge in [-0.15, -0.1) is 0 Å². The average Bonchev–Trinajstić information content (AvgIpc) is 2.33. The summed E-state index contributed by atoms with van der Waals surface area (Å²) in [4.78, 5) is 23.0. The van der Waals surface area contributed by atoms with Crippen molar-refractivity contribution in [3.63, 3.8) is 0 Å². The Hall–Kier alpha value is -1.26. The van der Waals surface area contributed by atoms with Crippen LogP contribution in [0.2, 0.25) is 10.0 Å². The number of hydrogen-bond acceptors (Lipinski definition) is 2. The van der Waals surface area contributed by atoms with E-state index < -0.39 is 5.91 Å². The number of nitrogens with one attached hydrogen (secondary N) is 2. The zero-order chi connectivity index (χ0) is 13.5. The van der Waals surface area contributed by atoms with Crippen LogP contribution in [0.25, 0.3) is 0 Å². The molecule has 98 valence electrons. The lowest BCUT2D eigenvalue weighted by Crippen LogP contribution is -2.37. The minimum absolute atomic E-state index is 0.0716. The third kappa shape index (κ3) is 4.55. The smallest absolute Gasteiger partial charge is 0.253 e. The molecule has 0 radical (unpaired) electrons. The van der Waals surface area contributed by atoms with Crippen LogP contribution in [-0.4, -0.2) is 24.9 Å². The minimum Gasteiger partial charge on any atom is -0.355 e. The first-order chi connectivity index (χ1) is 8.54. The number of carbonyl (C=O) groups excluding carboxylic acids is 2. The molecule has 0 fully saturated rings. The van der Waals surface area contributed by atoms with E-state index in [0.717, 1.165) is 6.42 Å². The highest BCUT2D eigenvalue weighted by Gasteiger charge is 2.11. The number of carbonyl (C=O) groups is 2. The van der Waals surface area contributed by atoms with E-state index in [-0.39, 0.29) is 17.5 Å². The van der Waals surface area contributed by atoms with E-state index >= 15 is 0 Å². The largest absolute Gasteiger partial charge is 0.355 e. The molecule has 4 nitrogen and oxygen atoms in total. The molecule has 0 aliphatic carbocycles. The molecule has 0 aliphatic rings. The molecule has 0 aliphatic heterocycles. The van der Waals surface area contributed by atoms with Crippen LogP contribution in [0.3, 0.4) is 0 Å². The van der Waals surface area contributed by atoms with Gasteiger partial charge in [-0.25, -0.2) is 0 Å². The van der Waals surface area contributed by atoms with Crippen LogP contribution in [-0.2, 0) is 4.79 Å². The Balaban J connectivity index is 2.53. The van der Waals surface area contributed by atoms with E-state index in [1.165, 1.54) is 12.1 Å². The van der Waals surface area contributed by atoms with Crippen LogP contribution in [0.1, 0.15) is 23.7 Å². The Kier molecular flexibility index (Phi) is 5.95. The van der Waals surface area contributed by atoms with Gasteiger partial charge < -0.3 is 10.6 Å². The Bertz CT molecular complexity index is 450. The second kappa shape index (κ2) is 7.24. The van der Waals surface area contributed by atoms with Gasteiger partial charge in [0.05, 0.1) is 17.1 Å². The van der Waals surface area contributed by atoms with Crippen molar-refractivity contribution in [2.45, 2.75) is 13.3 Å². The van der Waals surface area contributed by atoms with Crippen molar-refractivity contribution in [2.24, 2.45) is 0 Å². The molecule has 0 spiro atoms. The fourth-order valence-corrected chi connectivity index (χ4v) is 1.75. The van der Waals surface area contributed by atoms with E-state index in [4.69, 9.17) is 23.2 Å². The summed E-state index contributed by atoms with van der Waals surface area (Å²) in [5.41, 5.74) is 0.296. The molecule has 0 atom stereocenters. The Morgan fingerprint density at radius 3 is 2.56 bits per heavy atom. The van der Waals surface area contributed by atoms with Crippen LogP contribution >= 0.6 is 23.2 Å². The van der Waals surface area contributed by atoms with E-state index in [1.807, 2.05) is 6.92 Å². The molecule has 2 N–H and O–H groups in total. The third-order valence-electron chi connectivity index (χ3n) is 2.16. The number of rotatable bonds is 5. The van der Waals surface area contributed by atoms with Crippen LogP contribution in [0.15, 0.2) is 18.2 Å². The molecule has 18 heavy (non-hydrogen) atoms. The summed E-state index contributed by atoms with van der Waals surface area (Å²) in [6, 6.07) is 4.57. The van der Waals surface area contributed by atoms with Crippen molar-refractivity contribution < 1.29 is 9.59 Å². The average molecular weight is 289 g/mol. The lowest BCUT2D eigenvalue weighted by Gasteiger charge is -2.07. The maximum absolute atomic E-state index is 11.7. The third-order valence-corrected chi connectivity index (χ3v) is 2.71. The second-order valence-corrected chi connectivity index (χ2v) is 4.50. The van der Waals surface area contributed by atoms with E-state index in [2.05, 4.69) is 10.6 Å². The first-order valence-electron chi connectivity index (χ1n) is 5.54. The normalized spacial score (nSPS) is 9.94. The van der Waals surface area contributed by atoms with Gasteiger partial charge in [0.15, 0.2) is 0 Å². The van der Waals surface area contributed by atoms with Crippen LogP contribution in [0.5, 0.6) is 0 Å². The first kappa shape index (κ1) is 14.8. The maximum atomic E-state index is 11.7. The Morgan fingerprint density at radius 1 is 1.22 bits per heavy atom. The molecule has 1 rings (SSSR count). The molecule has 0 unspecified atom stereocenters. The van der Waals surface area contributed by atoms with Crippen LogP contribution in [0.4, 0.5) is 0 Å². The van der Waals surface area contributed by atoms with Crippen molar-refractivity contribution in [2.75, 3.05) is 13.1 Å². The lowest BCUT2D eigenvalue weighted by atomic mass is 10.2. The molecule has 1 aromatic carbocycles. The predicted molar refractivity (Wildman–Crippen MR) is 72.1 cm³/mol. The van der Waals surface area contributed by atoms with Gasteiger partial charge in [-0.2, -0.15) is 0 Å². The SMILES string of the molecule is CCCNC(=O)CNC(=O)c1ccc(Cl)cc1Cl. The van der Waals surface area contributed by atoms with E-state index in [1.54, 1.807) is 6.07 Å². The van der Waals surface area contributed by atoms with Gasteiger partial charge in [0.2, 0.25) is 5.91 Å². The molecule has 0 saturated carbocycles. The predicted octanol–water partition coefficient (Wildman–Crippen LogP) is 2.25. The molecule has 0 bridgehead atoms. The van der Waals surface area contributed by atoms with Gasteiger partial charge in [0, 0.05) is 11.6 Å². The maximum Gasteiger partial charge on any atom is 0.253 e. The molecule has 0 aromatic heterocycles. The monoisotopic (exact) mass is 288 g/mol. The molecule has 0 heterocycles. The summed E-state index contributed by atoms with van der Waals surface area (Å²) < 4.78 is 0. The molecular formula is C12H14Cl2N2O2. The summed E-state index contributed by atoms with van der Waals surface area (Å²) in [6.45, 7) is 2.47. The highest BCUT2D eigenvalue weighted by Crippen LogP contribution is 2.20. The van der Waals surface area contributed by atoms with Gasteiger partial charge in [0.1, 0.15) is 0 Å². The summed E-state index contributed by atoms with van der Waals surface area (Å²) in [5, 5.41) is 5.86. The van der Waals surface area contributed by atoms with Gasteiger partial charge in [0.25, 0.3) is 5.91 Å². The molecular weight excluding hydrogens is 275 g/mol. The molecule has 0 saturated heterocycles. The first-order valence-corrected chi connectivity index (χ1v) is 6.30. The van der Waals surface area contributed by atoms with Gasteiger partial charge in [-0.1, -0.05) is 30.1 Å². The van der Waals surface area contributed by atoms with Crippen molar-refractivity contribution in [3.05, 3.63) is 33.8 Å². The van der Waals surface area contributed by atoms with Crippen molar-refractivity contribution in [3.8, 4) is 0 Å². The van der Waals surface area contributed by atoms with Crippen molar-refractivity contribution in [1.82, 2.24) is 10.6 Å². The van der Waals surface area contributed by atoms with Crippen LogP contribution in [0, 0.1) is 0 Å². The fraction of sp³-hybridized carbons (Fsp3) is 0.333. The minimum atomic E-state index is -0.400. The van der Waals surface area contributed by atoms with E-state index in [9.17, 15) is 9.59 Å². The second-order valence-electron chi connectivity index (χ2n) is 3.66. The number of benzene rings is 1. The number of hydrogen-bond donors (Lipinski definition) is 2. The fourth-order valence-electron chi connectivity index (χ4n) is 1.26. The quantitative estimate of drug-likeness (QED) is 0.873. The Morgan fingerprint density at radius 2 is 1.94 bits per heavy atom. The standard InChI is InChI=1S/C12H14Cl2N2O2/c1-2-5-15-11(17)7-16-12(18)9-4-3-8(13)6-10(9)14/h3-4,6H,2,5,7H2,1H3,(H,15,17)(H,16,18). The van der Waals surface area contributed by atoms with Gasteiger partial charge in [-0.05, 0) is 24.6 Å². The van der Waals surface area contributed by atoms with E-state index in [0.29, 0.717) is 17.1 Å². The molecule has 6 heteroatoms. The van der Waals surface area contributed by atoms with Gasteiger partial charge in [-0.3, -0.25) is 9.59 Å². The molecule has 1 aromatic rings. The van der Waals surface area contributed by atoms with Crippen molar-refractivity contribution >= 4 is 35.0 Å². The summed E-state index contributed by atoms with van der Waals surface area (Å²) in [5.74, 6) is -0.626. The van der Waals surface area contributed by atoms with Crippen molar-refractivity contribution in [1.29, 1.82) is 0 Å². The zero-order valence-electron chi connectivity index (χ0n) is 9.93. The van der Waals surface area contributed by atoms with Gasteiger partial charge >= 0.3 is 0 Å². The summed E-state index contributed by atoms with van der Waals surface area (Å²) in [6.07, 6.45) is 0.850. The molecule has 2 amide bonds. The van der Waals surface area contributed by atoms with Crippen LogP contribution < -0.4 is 10.6 Å². The highest BCUT2D eigenvalue weighted by atomic mass is 35.5. The Labute approximate surface area is 116 Å². The number of amides is 2. The highest BCUT2D eigenvalue weighted by molar-refractivity contribution is 6.36.